The van der Waals surface area contributed by atoms with Crippen LogP contribution in [0.1, 0.15) is 12.8 Å². The average Bonchev–Trinajstić information content (AvgIpc) is 2.58. The lowest BCUT2D eigenvalue weighted by atomic mass is 10.1. The molecule has 3 heteroatoms. The van der Waals surface area contributed by atoms with E-state index in [9.17, 15) is 0 Å². The number of nitrogens with one attached hydrogen (secondary N) is 1. The van der Waals surface area contributed by atoms with Crippen LogP contribution in [0.15, 0.2) is 0 Å². The van der Waals surface area contributed by atoms with Crippen LogP contribution in [-0.4, -0.2) is 31.6 Å². The van der Waals surface area contributed by atoms with Crippen LogP contribution in [0.2, 0.25) is 0 Å². The van der Waals surface area contributed by atoms with Crippen LogP contribution in [0.25, 0.3) is 0 Å². The van der Waals surface area contributed by atoms with Crippen LogP contribution in [0.3, 0.4) is 0 Å². The molecule has 2 nitrogen and oxygen atoms in total. The van der Waals surface area contributed by atoms with Crippen molar-refractivity contribution < 1.29 is 4.74 Å². The van der Waals surface area contributed by atoms with E-state index in [0.29, 0.717) is 6.10 Å². The third-order valence-corrected chi connectivity index (χ3v) is 3.47. The normalized spacial score (nSPS) is 34.4. The Morgan fingerprint density at radius 1 is 1.55 bits per heavy atom. The number of hydrogen-bond acceptors (Lipinski definition) is 3. The Morgan fingerprint density at radius 2 is 2.55 bits per heavy atom. The molecular weight excluding hydrogens is 158 g/mol. The Balaban J connectivity index is 1.82. The van der Waals surface area contributed by atoms with Crippen LogP contribution in [0.4, 0.5) is 0 Å². The van der Waals surface area contributed by atoms with Gasteiger partial charge in [-0.15, -0.1) is 0 Å². The van der Waals surface area contributed by atoms with Crippen molar-refractivity contribution in [2.75, 3.05) is 25.4 Å². The van der Waals surface area contributed by atoms with Crippen LogP contribution in [0, 0.1) is 5.25 Å². The molecule has 0 spiro atoms. The molecule has 2 aliphatic rings. The van der Waals surface area contributed by atoms with Crippen molar-refractivity contribution in [1.82, 2.24) is 5.32 Å². The second-order valence-corrected chi connectivity index (χ2v) is 4.20. The minimum absolute atomic E-state index is 0.413. The van der Waals surface area contributed by atoms with E-state index in [2.05, 4.69) is 5.32 Å². The molecule has 0 aromatic heterocycles. The molecule has 1 unspecified atom stereocenters. The fraction of sp³-hybridized carbons (Fsp3) is 0.875. The van der Waals surface area contributed by atoms with Crippen LogP contribution in [-0.2, 0) is 4.74 Å². The molecule has 0 bridgehead atoms. The van der Waals surface area contributed by atoms with E-state index >= 15 is 0 Å². The highest BCUT2D eigenvalue weighted by molar-refractivity contribution is 8.02. The van der Waals surface area contributed by atoms with E-state index in [0.717, 1.165) is 19.7 Å². The van der Waals surface area contributed by atoms with Crippen molar-refractivity contribution in [3.05, 3.63) is 5.25 Å². The van der Waals surface area contributed by atoms with Gasteiger partial charge in [-0.25, -0.2) is 0 Å². The summed E-state index contributed by atoms with van der Waals surface area (Å²) in [6.45, 7) is 2.94. The lowest BCUT2D eigenvalue weighted by molar-refractivity contribution is 0.0443. The summed E-state index contributed by atoms with van der Waals surface area (Å²) in [5, 5.41) is 4.92. The lowest BCUT2D eigenvalue weighted by Gasteiger charge is -2.27. The maximum absolute atomic E-state index is 5.64. The smallest absolute Gasteiger partial charge is 0.0860 e. The standard InChI is InChI=1S/C8H14NOS/c1-2-8(11-5-1)7-6-9-3-4-10-7/h7,9H,1-6H2. The van der Waals surface area contributed by atoms with Gasteiger partial charge in [0.1, 0.15) is 0 Å². The van der Waals surface area contributed by atoms with Gasteiger partial charge in [0.25, 0.3) is 0 Å². The fourth-order valence-electron chi connectivity index (χ4n) is 1.55. The highest BCUT2D eigenvalue weighted by Gasteiger charge is 2.28. The Bertz CT molecular complexity index is 119. The molecule has 63 valence electrons. The predicted molar refractivity (Wildman–Crippen MR) is 47.5 cm³/mol. The van der Waals surface area contributed by atoms with Crippen molar-refractivity contribution in [3.8, 4) is 0 Å². The zero-order chi connectivity index (χ0) is 7.52. The summed E-state index contributed by atoms with van der Waals surface area (Å²) < 4.78 is 5.64. The van der Waals surface area contributed by atoms with Gasteiger partial charge >= 0.3 is 0 Å². The van der Waals surface area contributed by atoms with Crippen molar-refractivity contribution in [2.45, 2.75) is 18.9 Å². The molecular formula is C8H14NOS. The number of thioether (sulfide) groups is 1. The highest BCUT2D eigenvalue weighted by atomic mass is 32.2. The lowest BCUT2D eigenvalue weighted by Crippen LogP contribution is -2.40. The molecule has 2 aliphatic heterocycles. The monoisotopic (exact) mass is 172 g/mol. The topological polar surface area (TPSA) is 21.3 Å². The first-order chi connectivity index (χ1) is 5.47. The first kappa shape index (κ1) is 7.90. The van der Waals surface area contributed by atoms with Crippen molar-refractivity contribution in [2.24, 2.45) is 0 Å². The molecule has 2 heterocycles. The zero-order valence-electron chi connectivity index (χ0n) is 6.64. The van der Waals surface area contributed by atoms with Gasteiger partial charge in [0, 0.05) is 13.1 Å². The van der Waals surface area contributed by atoms with Crippen molar-refractivity contribution in [1.29, 1.82) is 0 Å². The van der Waals surface area contributed by atoms with Crippen molar-refractivity contribution >= 4 is 11.8 Å². The molecule has 0 aliphatic carbocycles. The van der Waals surface area contributed by atoms with Crippen LogP contribution >= 0.6 is 11.8 Å². The second kappa shape index (κ2) is 3.78. The predicted octanol–water partition coefficient (Wildman–Crippen LogP) is 1.03. The van der Waals surface area contributed by atoms with E-state index in [1.807, 2.05) is 11.8 Å². The van der Waals surface area contributed by atoms with E-state index in [4.69, 9.17) is 4.74 Å². The quantitative estimate of drug-likeness (QED) is 0.638. The average molecular weight is 172 g/mol. The SMILES string of the molecule is C1CS[C](C2CNCCO2)C1. The Labute approximate surface area is 72.1 Å². The highest BCUT2D eigenvalue weighted by Crippen LogP contribution is 2.37. The van der Waals surface area contributed by atoms with Gasteiger partial charge in [-0.2, -0.15) is 11.8 Å². The number of hydrogen-bond donors (Lipinski definition) is 1. The summed E-state index contributed by atoms with van der Waals surface area (Å²) in [4.78, 5) is 0. The van der Waals surface area contributed by atoms with E-state index in [1.165, 1.54) is 18.6 Å². The second-order valence-electron chi connectivity index (χ2n) is 2.98. The summed E-state index contributed by atoms with van der Waals surface area (Å²) in [6.07, 6.45) is 3.04. The first-order valence-corrected chi connectivity index (χ1v) is 5.26. The van der Waals surface area contributed by atoms with Gasteiger partial charge in [-0.05, 0) is 18.6 Å². The third kappa shape index (κ3) is 1.89. The fourth-order valence-corrected chi connectivity index (χ4v) is 2.72. The van der Waals surface area contributed by atoms with Gasteiger partial charge in [0.2, 0.25) is 0 Å². The molecule has 2 fully saturated rings. The zero-order valence-corrected chi connectivity index (χ0v) is 7.45. The Kier molecular flexibility index (Phi) is 2.72. The van der Waals surface area contributed by atoms with Crippen molar-refractivity contribution in [3.63, 3.8) is 0 Å². The molecule has 2 rings (SSSR count). The molecule has 0 amide bonds. The summed E-state index contributed by atoms with van der Waals surface area (Å²) in [5.74, 6) is 1.30. The van der Waals surface area contributed by atoms with Gasteiger partial charge in [-0.1, -0.05) is 0 Å². The van der Waals surface area contributed by atoms with E-state index in [1.54, 1.807) is 5.25 Å². The minimum Gasteiger partial charge on any atom is -0.374 e. The maximum Gasteiger partial charge on any atom is 0.0860 e. The molecule has 11 heavy (non-hydrogen) atoms. The summed E-state index contributed by atoms with van der Waals surface area (Å²) in [7, 11) is 0. The number of ether oxygens (including phenoxy) is 1. The summed E-state index contributed by atoms with van der Waals surface area (Å²) in [5.41, 5.74) is 0. The van der Waals surface area contributed by atoms with Gasteiger partial charge in [-0.3, -0.25) is 0 Å². The molecule has 2 saturated heterocycles. The van der Waals surface area contributed by atoms with Crippen LogP contribution < -0.4 is 5.32 Å². The third-order valence-electron chi connectivity index (χ3n) is 2.14. The molecule has 1 atom stereocenters. The molecule has 1 N–H and O–H groups in total. The minimum atomic E-state index is 0.413. The Morgan fingerprint density at radius 3 is 3.18 bits per heavy atom. The van der Waals surface area contributed by atoms with Gasteiger partial charge < -0.3 is 10.1 Å². The summed E-state index contributed by atoms with van der Waals surface area (Å²) >= 11 is 2.00. The largest absolute Gasteiger partial charge is 0.374 e. The van der Waals surface area contributed by atoms with E-state index < -0.39 is 0 Å². The molecule has 0 aromatic rings. The van der Waals surface area contributed by atoms with Crippen LogP contribution in [0.5, 0.6) is 0 Å². The van der Waals surface area contributed by atoms with Gasteiger partial charge in [0.15, 0.2) is 0 Å². The number of rotatable bonds is 1. The Hall–Kier alpha value is 0.270. The molecule has 0 aromatic carbocycles. The summed E-state index contributed by atoms with van der Waals surface area (Å²) in [6, 6.07) is 0. The first-order valence-electron chi connectivity index (χ1n) is 4.27. The molecule has 1 radical (unpaired) electrons. The number of morpholine rings is 1. The maximum atomic E-state index is 5.64. The van der Waals surface area contributed by atoms with Gasteiger partial charge in [0.05, 0.1) is 18.0 Å². The van der Waals surface area contributed by atoms with E-state index in [-0.39, 0.29) is 0 Å². The molecule has 0 saturated carbocycles.